The molecular formula is C15H19FN2O2. The fourth-order valence-corrected chi connectivity index (χ4v) is 2.29. The third kappa shape index (κ3) is 3.79. The lowest BCUT2D eigenvalue weighted by molar-refractivity contribution is -0.134. The Morgan fingerprint density at radius 2 is 2.15 bits per heavy atom. The highest BCUT2D eigenvalue weighted by Crippen LogP contribution is 2.16. The molecule has 108 valence electrons. The zero-order chi connectivity index (χ0) is 14.5. The number of likely N-dealkylation sites (tertiary alicyclic amines) is 1. The van der Waals surface area contributed by atoms with Gasteiger partial charge in [-0.15, -0.1) is 0 Å². The van der Waals surface area contributed by atoms with E-state index in [1.165, 1.54) is 12.1 Å². The van der Waals surface area contributed by atoms with Crippen molar-refractivity contribution in [2.75, 3.05) is 18.4 Å². The highest BCUT2D eigenvalue weighted by atomic mass is 19.1. The first kappa shape index (κ1) is 14.5. The number of benzene rings is 1. The number of hydrogen-bond donors (Lipinski definition) is 1. The summed E-state index contributed by atoms with van der Waals surface area (Å²) in [5, 5.41) is 2.52. The third-order valence-corrected chi connectivity index (χ3v) is 3.40. The summed E-state index contributed by atoms with van der Waals surface area (Å²) in [6.45, 7) is 2.37. The molecule has 0 unspecified atom stereocenters. The lowest BCUT2D eigenvalue weighted by atomic mass is 10.2. The largest absolute Gasteiger partial charge is 0.333 e. The number of carbonyl (C=O) groups is 2. The predicted molar refractivity (Wildman–Crippen MR) is 74.8 cm³/mol. The molecule has 2 rings (SSSR count). The van der Waals surface area contributed by atoms with E-state index in [-0.39, 0.29) is 24.0 Å². The Balaban J connectivity index is 1.96. The number of rotatable bonds is 3. The van der Waals surface area contributed by atoms with Gasteiger partial charge in [0.05, 0.1) is 12.2 Å². The molecule has 20 heavy (non-hydrogen) atoms. The minimum absolute atomic E-state index is 0.00188. The Labute approximate surface area is 118 Å². The number of nitrogens with one attached hydrogen (secondary N) is 1. The zero-order valence-electron chi connectivity index (χ0n) is 11.6. The van der Waals surface area contributed by atoms with Crippen LogP contribution in [0.3, 0.4) is 0 Å². The fourth-order valence-electron chi connectivity index (χ4n) is 2.29. The second-order valence-corrected chi connectivity index (χ2v) is 5.16. The Morgan fingerprint density at radius 1 is 1.35 bits per heavy atom. The van der Waals surface area contributed by atoms with Crippen molar-refractivity contribution in [1.82, 2.24) is 4.90 Å². The number of nitrogens with zero attached hydrogens (tertiary/aromatic N) is 1. The molecule has 0 saturated carbocycles. The number of halogens is 1. The van der Waals surface area contributed by atoms with E-state index in [0.717, 1.165) is 24.8 Å². The highest BCUT2D eigenvalue weighted by molar-refractivity contribution is 5.94. The Bertz CT molecular complexity index is 517. The normalized spacial score (nSPS) is 15.9. The van der Waals surface area contributed by atoms with Gasteiger partial charge in [0.2, 0.25) is 11.8 Å². The summed E-state index contributed by atoms with van der Waals surface area (Å²) >= 11 is 0. The molecule has 1 fully saturated rings. The second kappa shape index (κ2) is 6.50. The zero-order valence-corrected chi connectivity index (χ0v) is 11.6. The number of amides is 2. The molecule has 2 amide bonds. The van der Waals surface area contributed by atoms with Crippen molar-refractivity contribution in [2.45, 2.75) is 32.6 Å². The first-order chi connectivity index (χ1) is 9.56. The van der Waals surface area contributed by atoms with Crippen LogP contribution in [0.5, 0.6) is 0 Å². The molecular weight excluding hydrogens is 259 g/mol. The van der Waals surface area contributed by atoms with E-state index in [0.29, 0.717) is 13.0 Å². The van der Waals surface area contributed by atoms with E-state index in [1.807, 2.05) is 0 Å². The first-order valence-electron chi connectivity index (χ1n) is 6.90. The van der Waals surface area contributed by atoms with Crippen molar-refractivity contribution in [3.8, 4) is 0 Å². The average Bonchev–Trinajstić information content (AvgIpc) is 2.59. The van der Waals surface area contributed by atoms with Gasteiger partial charge >= 0.3 is 0 Å². The summed E-state index contributed by atoms with van der Waals surface area (Å²) in [6, 6.07) is 4.63. The van der Waals surface area contributed by atoms with Crippen molar-refractivity contribution in [1.29, 1.82) is 0 Å². The molecule has 0 atom stereocenters. The monoisotopic (exact) mass is 278 g/mol. The van der Waals surface area contributed by atoms with E-state index in [4.69, 9.17) is 0 Å². The van der Waals surface area contributed by atoms with Crippen molar-refractivity contribution in [2.24, 2.45) is 0 Å². The van der Waals surface area contributed by atoms with Gasteiger partial charge < -0.3 is 10.2 Å². The molecule has 4 nitrogen and oxygen atoms in total. The van der Waals surface area contributed by atoms with Crippen LogP contribution in [0.1, 0.15) is 31.2 Å². The van der Waals surface area contributed by atoms with Crippen LogP contribution in [0.4, 0.5) is 10.1 Å². The first-order valence-corrected chi connectivity index (χ1v) is 6.90. The summed E-state index contributed by atoms with van der Waals surface area (Å²) in [5.41, 5.74) is 0.950. The van der Waals surface area contributed by atoms with Gasteiger partial charge in [-0.2, -0.15) is 0 Å². The second-order valence-electron chi connectivity index (χ2n) is 5.16. The van der Waals surface area contributed by atoms with E-state index in [1.54, 1.807) is 17.9 Å². The summed E-state index contributed by atoms with van der Waals surface area (Å²) in [5.74, 6) is -0.814. The minimum Gasteiger partial charge on any atom is -0.333 e. The smallest absolute Gasteiger partial charge is 0.244 e. The van der Waals surface area contributed by atoms with Gasteiger partial charge in [0.1, 0.15) is 5.82 Å². The summed E-state index contributed by atoms with van der Waals surface area (Å²) < 4.78 is 13.6. The van der Waals surface area contributed by atoms with Gasteiger partial charge in [-0.1, -0.05) is 12.5 Å². The molecule has 0 aliphatic carbocycles. The summed E-state index contributed by atoms with van der Waals surface area (Å²) in [7, 11) is 0. The standard InChI is InChI=1S/C15H19FN2O2/c1-11-6-7-13(12(16)9-11)17-14(19)10-18-8-4-2-3-5-15(18)20/h6-7,9H,2-5,8,10H2,1H3,(H,17,19). The van der Waals surface area contributed by atoms with E-state index >= 15 is 0 Å². The average molecular weight is 278 g/mol. The third-order valence-electron chi connectivity index (χ3n) is 3.40. The van der Waals surface area contributed by atoms with Gasteiger partial charge in [-0.25, -0.2) is 4.39 Å². The van der Waals surface area contributed by atoms with Crippen LogP contribution in [0.2, 0.25) is 0 Å². The molecule has 0 spiro atoms. The number of aryl methyl sites for hydroxylation is 1. The fraction of sp³-hybridized carbons (Fsp3) is 0.467. The van der Waals surface area contributed by atoms with Gasteiger partial charge in [0.25, 0.3) is 0 Å². The molecule has 0 bridgehead atoms. The van der Waals surface area contributed by atoms with Crippen LogP contribution < -0.4 is 5.32 Å². The van der Waals surface area contributed by atoms with Gasteiger partial charge in [0.15, 0.2) is 0 Å². The molecule has 1 aromatic rings. The predicted octanol–water partition coefficient (Wildman–Crippen LogP) is 2.48. The van der Waals surface area contributed by atoms with Gasteiger partial charge in [-0.3, -0.25) is 9.59 Å². The minimum atomic E-state index is -0.458. The molecule has 1 N–H and O–H groups in total. The van der Waals surface area contributed by atoms with E-state index < -0.39 is 5.82 Å². The molecule has 1 aromatic carbocycles. The van der Waals surface area contributed by atoms with Crippen molar-refractivity contribution < 1.29 is 14.0 Å². The number of anilines is 1. The van der Waals surface area contributed by atoms with Crippen LogP contribution in [-0.2, 0) is 9.59 Å². The molecule has 1 saturated heterocycles. The van der Waals surface area contributed by atoms with Crippen LogP contribution in [0, 0.1) is 12.7 Å². The van der Waals surface area contributed by atoms with Crippen molar-refractivity contribution in [3.63, 3.8) is 0 Å². The SMILES string of the molecule is Cc1ccc(NC(=O)CN2CCCCCC2=O)c(F)c1. The molecule has 1 aliphatic rings. The molecule has 5 heteroatoms. The molecule has 0 aromatic heterocycles. The Kier molecular flexibility index (Phi) is 4.71. The summed E-state index contributed by atoms with van der Waals surface area (Å²) in [4.78, 5) is 25.2. The molecule has 1 aliphatic heterocycles. The maximum atomic E-state index is 13.6. The molecule has 1 heterocycles. The van der Waals surface area contributed by atoms with Crippen LogP contribution in [0.15, 0.2) is 18.2 Å². The van der Waals surface area contributed by atoms with Gasteiger partial charge in [-0.05, 0) is 37.5 Å². The topological polar surface area (TPSA) is 49.4 Å². The quantitative estimate of drug-likeness (QED) is 0.923. The highest BCUT2D eigenvalue weighted by Gasteiger charge is 2.19. The number of hydrogen-bond acceptors (Lipinski definition) is 2. The van der Waals surface area contributed by atoms with Crippen molar-refractivity contribution in [3.05, 3.63) is 29.6 Å². The molecule has 0 radical (unpaired) electrons. The summed E-state index contributed by atoms with van der Waals surface area (Å²) in [6.07, 6.45) is 3.30. The maximum absolute atomic E-state index is 13.6. The lowest BCUT2D eigenvalue weighted by Crippen LogP contribution is -2.37. The maximum Gasteiger partial charge on any atom is 0.244 e. The van der Waals surface area contributed by atoms with Crippen LogP contribution >= 0.6 is 0 Å². The Hall–Kier alpha value is -1.91. The Morgan fingerprint density at radius 3 is 2.90 bits per heavy atom. The number of carbonyl (C=O) groups excluding carboxylic acids is 2. The lowest BCUT2D eigenvalue weighted by Gasteiger charge is -2.19. The van der Waals surface area contributed by atoms with Crippen LogP contribution in [-0.4, -0.2) is 29.8 Å². The van der Waals surface area contributed by atoms with E-state index in [2.05, 4.69) is 5.32 Å². The van der Waals surface area contributed by atoms with Crippen molar-refractivity contribution >= 4 is 17.5 Å². The van der Waals surface area contributed by atoms with E-state index in [9.17, 15) is 14.0 Å². The van der Waals surface area contributed by atoms with Crippen LogP contribution in [0.25, 0.3) is 0 Å². The van der Waals surface area contributed by atoms with Gasteiger partial charge in [0, 0.05) is 13.0 Å².